The monoisotopic (exact) mass is 477 g/mol. The van der Waals surface area contributed by atoms with Crippen LogP contribution in [0.4, 0.5) is 5.69 Å². The highest BCUT2D eigenvalue weighted by Crippen LogP contribution is 2.31. The second kappa shape index (κ2) is 5.60. The van der Waals surface area contributed by atoms with Gasteiger partial charge < -0.3 is 5.73 Å². The predicted octanol–water partition coefficient (Wildman–Crippen LogP) is 5.44. The fourth-order valence-electron chi connectivity index (χ4n) is 1.91. The van der Waals surface area contributed by atoms with Gasteiger partial charge in [0.25, 0.3) is 0 Å². The lowest BCUT2D eigenvalue weighted by atomic mass is 9.86. The van der Waals surface area contributed by atoms with Gasteiger partial charge in [-0.3, -0.25) is 0 Å². The van der Waals surface area contributed by atoms with Gasteiger partial charge >= 0.3 is 0 Å². The molecule has 0 spiro atoms. The normalized spacial score (nSPS) is 11.6. The molecule has 2 N–H and O–H groups in total. The van der Waals surface area contributed by atoms with E-state index < -0.39 is 0 Å². The third-order valence-electron chi connectivity index (χ3n) is 3.16. The summed E-state index contributed by atoms with van der Waals surface area (Å²) in [5.41, 5.74) is 10.9. The van der Waals surface area contributed by atoms with E-state index in [4.69, 9.17) is 5.73 Å². The zero-order valence-electron chi connectivity index (χ0n) is 11.3. The Balaban J connectivity index is 2.43. The molecule has 0 unspecified atom stereocenters. The zero-order chi connectivity index (χ0) is 14.2. The maximum absolute atomic E-state index is 6.00. The first-order valence-corrected chi connectivity index (χ1v) is 8.30. The second-order valence-corrected chi connectivity index (χ2v) is 8.01. The largest absolute Gasteiger partial charge is 0.397 e. The molecule has 19 heavy (non-hydrogen) atoms. The van der Waals surface area contributed by atoms with Crippen LogP contribution in [-0.2, 0) is 5.41 Å². The number of hydrogen-bond acceptors (Lipinski definition) is 1. The average molecular weight is 477 g/mol. The summed E-state index contributed by atoms with van der Waals surface area (Å²) in [6, 6.07) is 13.1. The fourth-order valence-corrected chi connectivity index (χ4v) is 3.68. The van der Waals surface area contributed by atoms with Crippen LogP contribution in [0.25, 0.3) is 11.1 Å². The highest BCUT2D eigenvalue weighted by atomic mass is 127. The molecule has 0 aromatic heterocycles. The van der Waals surface area contributed by atoms with Gasteiger partial charge in [0.05, 0.1) is 5.69 Å². The molecule has 0 aliphatic carbocycles. The molecule has 1 nitrogen and oxygen atoms in total. The van der Waals surface area contributed by atoms with E-state index in [1.165, 1.54) is 16.7 Å². The smallest absolute Gasteiger partial charge is 0.0585 e. The summed E-state index contributed by atoms with van der Waals surface area (Å²) in [5, 5.41) is 0. The van der Waals surface area contributed by atoms with Gasteiger partial charge in [0, 0.05) is 7.14 Å². The minimum Gasteiger partial charge on any atom is -0.397 e. The van der Waals surface area contributed by atoms with E-state index in [9.17, 15) is 0 Å². The van der Waals surface area contributed by atoms with E-state index in [1.807, 2.05) is 0 Å². The van der Waals surface area contributed by atoms with Crippen LogP contribution in [0.2, 0.25) is 0 Å². The van der Waals surface area contributed by atoms with Crippen molar-refractivity contribution in [3.05, 3.63) is 49.1 Å². The number of halogens is 2. The number of anilines is 1. The van der Waals surface area contributed by atoms with Crippen molar-refractivity contribution in [2.24, 2.45) is 0 Å². The van der Waals surface area contributed by atoms with Crippen LogP contribution in [0.15, 0.2) is 36.4 Å². The maximum Gasteiger partial charge on any atom is 0.0585 e. The van der Waals surface area contributed by atoms with E-state index in [1.54, 1.807) is 0 Å². The van der Waals surface area contributed by atoms with Gasteiger partial charge in [0.2, 0.25) is 0 Å². The first kappa shape index (κ1) is 15.1. The van der Waals surface area contributed by atoms with Crippen molar-refractivity contribution in [3.8, 4) is 11.1 Å². The van der Waals surface area contributed by atoms with Crippen molar-refractivity contribution in [1.82, 2.24) is 0 Å². The van der Waals surface area contributed by atoms with Crippen molar-refractivity contribution < 1.29 is 0 Å². The van der Waals surface area contributed by atoms with E-state index in [2.05, 4.69) is 102 Å². The minimum atomic E-state index is 0.197. The van der Waals surface area contributed by atoms with Gasteiger partial charge in [-0.25, -0.2) is 0 Å². The molecule has 2 aromatic rings. The average Bonchev–Trinajstić information content (AvgIpc) is 2.34. The molecule has 0 bridgehead atoms. The Morgan fingerprint density at radius 2 is 1.32 bits per heavy atom. The Morgan fingerprint density at radius 1 is 0.842 bits per heavy atom. The van der Waals surface area contributed by atoms with Crippen LogP contribution in [0.5, 0.6) is 0 Å². The number of nitrogen functional groups attached to an aromatic ring is 1. The van der Waals surface area contributed by atoms with E-state index in [0.29, 0.717) is 0 Å². The molecule has 0 heterocycles. The topological polar surface area (TPSA) is 26.0 Å². The maximum atomic E-state index is 6.00. The summed E-state index contributed by atoms with van der Waals surface area (Å²) in [6.07, 6.45) is 0. The van der Waals surface area contributed by atoms with Crippen LogP contribution in [-0.4, -0.2) is 0 Å². The molecule has 2 rings (SSSR count). The Hall–Kier alpha value is -0.300. The summed E-state index contributed by atoms with van der Waals surface area (Å²) < 4.78 is 2.22. The van der Waals surface area contributed by atoms with Crippen LogP contribution in [0.1, 0.15) is 26.3 Å². The quantitative estimate of drug-likeness (QED) is 0.430. The third kappa shape index (κ3) is 3.42. The molecule has 0 saturated heterocycles. The third-order valence-corrected chi connectivity index (χ3v) is 4.95. The van der Waals surface area contributed by atoms with E-state index in [0.717, 1.165) is 12.8 Å². The molecule has 0 aliphatic heterocycles. The number of rotatable bonds is 1. The first-order valence-electron chi connectivity index (χ1n) is 6.14. The molecular formula is C16H17I2N. The van der Waals surface area contributed by atoms with Gasteiger partial charge in [-0.2, -0.15) is 0 Å². The highest BCUT2D eigenvalue weighted by molar-refractivity contribution is 14.1. The summed E-state index contributed by atoms with van der Waals surface area (Å²) in [4.78, 5) is 0. The zero-order valence-corrected chi connectivity index (χ0v) is 15.6. The molecule has 0 atom stereocenters. The van der Waals surface area contributed by atoms with Crippen molar-refractivity contribution in [2.45, 2.75) is 26.2 Å². The second-order valence-electron chi connectivity index (χ2n) is 5.68. The summed E-state index contributed by atoms with van der Waals surface area (Å²) >= 11 is 4.58. The van der Waals surface area contributed by atoms with Crippen LogP contribution in [0.3, 0.4) is 0 Å². The first-order chi connectivity index (χ1) is 8.79. The van der Waals surface area contributed by atoms with Gasteiger partial charge in [0.1, 0.15) is 0 Å². The number of nitrogens with two attached hydrogens (primary N) is 1. The Kier molecular flexibility index (Phi) is 4.45. The molecule has 3 heteroatoms. The van der Waals surface area contributed by atoms with E-state index >= 15 is 0 Å². The van der Waals surface area contributed by atoms with Crippen molar-refractivity contribution >= 4 is 50.9 Å². The molecule has 100 valence electrons. The molecule has 2 aromatic carbocycles. The molecule has 0 fully saturated rings. The highest BCUT2D eigenvalue weighted by Gasteiger charge is 2.13. The Morgan fingerprint density at radius 3 is 1.74 bits per heavy atom. The lowest BCUT2D eigenvalue weighted by molar-refractivity contribution is 0.590. The minimum absolute atomic E-state index is 0.197. The van der Waals surface area contributed by atoms with Crippen molar-refractivity contribution in [3.63, 3.8) is 0 Å². The summed E-state index contributed by atoms with van der Waals surface area (Å²) in [7, 11) is 0. The number of benzene rings is 2. The Bertz CT molecular complexity index is 572. The van der Waals surface area contributed by atoms with Crippen molar-refractivity contribution in [2.75, 3.05) is 5.73 Å². The molecule has 0 amide bonds. The van der Waals surface area contributed by atoms with Gasteiger partial charge in [-0.05, 0) is 79.4 Å². The lowest BCUT2D eigenvalue weighted by Crippen LogP contribution is -2.10. The molecule has 0 aliphatic rings. The lowest BCUT2D eigenvalue weighted by Gasteiger charge is -2.19. The summed E-state index contributed by atoms with van der Waals surface area (Å²) in [5.74, 6) is 0. The molecule has 0 saturated carbocycles. The molecular weight excluding hydrogens is 460 g/mol. The van der Waals surface area contributed by atoms with Crippen molar-refractivity contribution in [1.29, 1.82) is 0 Å². The molecule has 0 radical (unpaired) electrons. The fraction of sp³-hybridized carbons (Fsp3) is 0.250. The van der Waals surface area contributed by atoms with Gasteiger partial charge in [0.15, 0.2) is 0 Å². The summed E-state index contributed by atoms with van der Waals surface area (Å²) in [6.45, 7) is 6.70. The van der Waals surface area contributed by atoms with Crippen LogP contribution < -0.4 is 5.73 Å². The van der Waals surface area contributed by atoms with Crippen LogP contribution >= 0.6 is 45.2 Å². The Labute approximate surface area is 142 Å². The van der Waals surface area contributed by atoms with E-state index in [-0.39, 0.29) is 5.41 Å². The van der Waals surface area contributed by atoms with Gasteiger partial charge in [-0.1, -0.05) is 45.0 Å². The standard InChI is InChI=1S/C16H17I2N/c1-16(2,3)12-6-4-10(5-7-12)11-8-13(17)15(19)14(18)9-11/h4-9H,19H2,1-3H3. The SMILES string of the molecule is CC(C)(C)c1ccc(-c2cc(I)c(N)c(I)c2)cc1. The predicted molar refractivity (Wildman–Crippen MR) is 100 cm³/mol. The number of hydrogen-bond donors (Lipinski definition) is 1. The van der Waals surface area contributed by atoms with Gasteiger partial charge in [-0.15, -0.1) is 0 Å². The van der Waals surface area contributed by atoms with Crippen LogP contribution in [0, 0.1) is 7.14 Å².